The standard InChI is InChI=1S/C17H21ClN4O5S2/c1-5-6-29(25,26)17-19-7-11(18)12(21-17)14(23)22-16-20-10(4)13(28-16)15(24)27-8-9(2)3/h7,9H,5-6,8H2,1-4H3,(H,20,22,23). The number of nitrogens with one attached hydrogen (secondary N) is 1. The van der Waals surface area contributed by atoms with E-state index in [-0.39, 0.29) is 39.0 Å². The van der Waals surface area contributed by atoms with Gasteiger partial charge < -0.3 is 4.74 Å². The SMILES string of the molecule is CCCS(=O)(=O)c1ncc(Cl)c(C(=O)Nc2nc(C)c(C(=O)OCC(C)C)s2)n1. The van der Waals surface area contributed by atoms with E-state index in [0.717, 1.165) is 17.5 Å². The third kappa shape index (κ3) is 5.94. The maximum atomic E-state index is 12.5. The van der Waals surface area contributed by atoms with Gasteiger partial charge in [-0.05, 0) is 19.3 Å². The van der Waals surface area contributed by atoms with Crippen molar-refractivity contribution in [3.8, 4) is 0 Å². The van der Waals surface area contributed by atoms with Gasteiger partial charge in [0.2, 0.25) is 15.0 Å². The molecule has 0 bridgehead atoms. The third-order valence-electron chi connectivity index (χ3n) is 3.44. The van der Waals surface area contributed by atoms with E-state index >= 15 is 0 Å². The lowest BCUT2D eigenvalue weighted by Crippen LogP contribution is -2.18. The van der Waals surface area contributed by atoms with Gasteiger partial charge >= 0.3 is 5.97 Å². The van der Waals surface area contributed by atoms with Crippen molar-refractivity contribution < 1.29 is 22.7 Å². The van der Waals surface area contributed by atoms with Crippen LogP contribution in [0.25, 0.3) is 0 Å². The molecule has 2 aromatic heterocycles. The second-order valence-corrected chi connectivity index (χ2v) is 9.96. The van der Waals surface area contributed by atoms with Crippen molar-refractivity contribution in [2.75, 3.05) is 17.7 Å². The highest BCUT2D eigenvalue weighted by Gasteiger charge is 2.23. The van der Waals surface area contributed by atoms with Gasteiger partial charge in [0.05, 0.1) is 29.3 Å². The van der Waals surface area contributed by atoms with E-state index in [1.165, 1.54) is 0 Å². The maximum absolute atomic E-state index is 12.5. The summed E-state index contributed by atoms with van der Waals surface area (Å²) in [6, 6.07) is 0. The van der Waals surface area contributed by atoms with Gasteiger partial charge in [-0.25, -0.2) is 28.2 Å². The molecule has 0 aliphatic heterocycles. The molecule has 2 rings (SSSR count). The number of anilines is 1. The van der Waals surface area contributed by atoms with Crippen LogP contribution in [0.3, 0.4) is 0 Å². The Balaban J connectivity index is 2.23. The van der Waals surface area contributed by atoms with E-state index in [4.69, 9.17) is 16.3 Å². The molecule has 0 spiro atoms. The lowest BCUT2D eigenvalue weighted by molar-refractivity contribution is 0.0463. The zero-order chi connectivity index (χ0) is 21.8. The van der Waals surface area contributed by atoms with Crippen LogP contribution in [0.4, 0.5) is 5.13 Å². The quantitative estimate of drug-likeness (QED) is 0.469. The molecule has 0 aliphatic rings. The number of aromatic nitrogens is 3. The molecule has 1 N–H and O–H groups in total. The van der Waals surface area contributed by atoms with E-state index in [2.05, 4.69) is 20.3 Å². The molecule has 0 aliphatic carbocycles. The summed E-state index contributed by atoms with van der Waals surface area (Å²) in [5, 5.41) is 2.04. The molecule has 0 radical (unpaired) electrons. The van der Waals surface area contributed by atoms with Gasteiger partial charge in [0.1, 0.15) is 4.88 Å². The monoisotopic (exact) mass is 460 g/mol. The van der Waals surface area contributed by atoms with Crippen molar-refractivity contribution in [2.24, 2.45) is 5.92 Å². The molecule has 1 amide bonds. The number of carbonyl (C=O) groups is 2. The number of ether oxygens (including phenoxy) is 1. The topological polar surface area (TPSA) is 128 Å². The number of rotatable bonds is 8. The van der Waals surface area contributed by atoms with Crippen molar-refractivity contribution in [3.63, 3.8) is 0 Å². The van der Waals surface area contributed by atoms with Crippen LogP contribution in [0.5, 0.6) is 0 Å². The molecular formula is C17H21ClN4O5S2. The molecule has 9 nitrogen and oxygen atoms in total. The summed E-state index contributed by atoms with van der Waals surface area (Å²) in [6.07, 6.45) is 1.44. The van der Waals surface area contributed by atoms with Crippen molar-refractivity contribution >= 4 is 49.8 Å². The van der Waals surface area contributed by atoms with Crippen LogP contribution in [-0.2, 0) is 14.6 Å². The van der Waals surface area contributed by atoms with Crippen LogP contribution in [0.2, 0.25) is 5.02 Å². The second kappa shape index (κ2) is 9.59. The van der Waals surface area contributed by atoms with Crippen LogP contribution < -0.4 is 5.32 Å². The normalized spacial score (nSPS) is 11.5. The van der Waals surface area contributed by atoms with Crippen LogP contribution >= 0.6 is 22.9 Å². The summed E-state index contributed by atoms with van der Waals surface area (Å²) < 4.78 is 29.5. The molecule has 2 aromatic rings. The van der Waals surface area contributed by atoms with E-state index in [9.17, 15) is 18.0 Å². The van der Waals surface area contributed by atoms with Crippen molar-refractivity contribution in [1.29, 1.82) is 0 Å². The lowest BCUT2D eigenvalue weighted by Gasteiger charge is -2.06. The average molecular weight is 461 g/mol. The van der Waals surface area contributed by atoms with E-state index in [1.54, 1.807) is 13.8 Å². The fourth-order valence-electron chi connectivity index (χ4n) is 2.12. The van der Waals surface area contributed by atoms with Crippen molar-refractivity contribution in [2.45, 2.75) is 39.3 Å². The minimum absolute atomic E-state index is 0.109. The van der Waals surface area contributed by atoms with Gasteiger partial charge in [0.15, 0.2) is 10.8 Å². The van der Waals surface area contributed by atoms with Crippen LogP contribution in [-0.4, -0.2) is 47.6 Å². The van der Waals surface area contributed by atoms with Crippen LogP contribution in [0.15, 0.2) is 11.4 Å². The number of amides is 1. The first-order valence-electron chi connectivity index (χ1n) is 8.76. The predicted molar refractivity (Wildman–Crippen MR) is 109 cm³/mol. The lowest BCUT2D eigenvalue weighted by atomic mass is 10.2. The Morgan fingerprint density at radius 1 is 1.31 bits per heavy atom. The minimum Gasteiger partial charge on any atom is -0.461 e. The number of aryl methyl sites for hydroxylation is 1. The Labute approximate surface area is 177 Å². The van der Waals surface area contributed by atoms with Gasteiger partial charge in [-0.1, -0.05) is 43.7 Å². The zero-order valence-electron chi connectivity index (χ0n) is 16.4. The van der Waals surface area contributed by atoms with Gasteiger partial charge in [-0.2, -0.15) is 0 Å². The molecule has 0 unspecified atom stereocenters. The number of sulfone groups is 1. The largest absolute Gasteiger partial charge is 0.461 e. The Kier molecular flexibility index (Phi) is 7.66. The Morgan fingerprint density at radius 2 is 2.00 bits per heavy atom. The van der Waals surface area contributed by atoms with E-state index in [0.29, 0.717) is 12.1 Å². The zero-order valence-corrected chi connectivity index (χ0v) is 18.7. The van der Waals surface area contributed by atoms with Crippen molar-refractivity contribution in [1.82, 2.24) is 15.0 Å². The molecular weight excluding hydrogens is 440 g/mol. The predicted octanol–water partition coefficient (Wildman–Crippen LogP) is 3.14. The number of thiazole rings is 1. The number of esters is 1. The smallest absolute Gasteiger partial charge is 0.350 e. The highest BCUT2D eigenvalue weighted by molar-refractivity contribution is 7.91. The summed E-state index contributed by atoms with van der Waals surface area (Å²) >= 11 is 6.91. The number of hydrogen-bond donors (Lipinski definition) is 1. The molecule has 0 saturated carbocycles. The number of carbonyl (C=O) groups excluding carboxylic acids is 2. The summed E-state index contributed by atoms with van der Waals surface area (Å²) in [7, 11) is -3.72. The van der Waals surface area contributed by atoms with E-state index in [1.807, 2.05) is 13.8 Å². The second-order valence-electron chi connectivity index (χ2n) is 6.55. The fraction of sp³-hybridized carbons (Fsp3) is 0.471. The highest BCUT2D eigenvalue weighted by atomic mass is 35.5. The molecule has 0 aromatic carbocycles. The first-order valence-corrected chi connectivity index (χ1v) is 11.6. The summed E-state index contributed by atoms with van der Waals surface area (Å²) in [4.78, 5) is 36.6. The molecule has 29 heavy (non-hydrogen) atoms. The summed E-state index contributed by atoms with van der Waals surface area (Å²) in [6.45, 7) is 7.42. The fourth-order valence-corrected chi connectivity index (χ4v) is 4.32. The minimum atomic E-state index is -3.72. The molecule has 158 valence electrons. The Bertz CT molecular complexity index is 1020. The first-order chi connectivity index (χ1) is 13.5. The van der Waals surface area contributed by atoms with Gasteiger partial charge in [0, 0.05) is 0 Å². The number of hydrogen-bond acceptors (Lipinski definition) is 9. The van der Waals surface area contributed by atoms with Gasteiger partial charge in [-0.3, -0.25) is 10.1 Å². The number of halogens is 1. The molecule has 12 heteroatoms. The molecule has 0 fully saturated rings. The Morgan fingerprint density at radius 3 is 2.62 bits per heavy atom. The van der Waals surface area contributed by atoms with E-state index < -0.39 is 26.9 Å². The third-order valence-corrected chi connectivity index (χ3v) is 6.47. The van der Waals surface area contributed by atoms with Gasteiger partial charge in [-0.15, -0.1) is 0 Å². The van der Waals surface area contributed by atoms with Crippen LogP contribution in [0, 0.1) is 12.8 Å². The highest BCUT2D eigenvalue weighted by Crippen LogP contribution is 2.25. The maximum Gasteiger partial charge on any atom is 0.350 e. The van der Waals surface area contributed by atoms with Crippen LogP contribution in [0.1, 0.15) is 53.0 Å². The molecule has 0 saturated heterocycles. The van der Waals surface area contributed by atoms with Crippen molar-refractivity contribution in [3.05, 3.63) is 27.5 Å². The molecule has 0 atom stereocenters. The Hall–Kier alpha value is -2.11. The summed E-state index contributed by atoms with van der Waals surface area (Å²) in [5.74, 6) is -1.25. The van der Waals surface area contributed by atoms with Gasteiger partial charge in [0.25, 0.3) is 5.91 Å². The molecule has 2 heterocycles. The number of nitrogens with zero attached hydrogens (tertiary/aromatic N) is 3. The average Bonchev–Trinajstić information content (AvgIpc) is 2.99. The first kappa shape index (κ1) is 23.2. The summed E-state index contributed by atoms with van der Waals surface area (Å²) in [5.41, 5.74) is 0.104.